The lowest BCUT2D eigenvalue weighted by atomic mass is 10.2. The van der Waals surface area contributed by atoms with Crippen LogP contribution in [-0.4, -0.2) is 46.2 Å². The van der Waals surface area contributed by atoms with Gasteiger partial charge in [0.25, 0.3) is 0 Å². The number of hydrogen-bond donors (Lipinski definition) is 1. The molecule has 0 aliphatic carbocycles. The van der Waals surface area contributed by atoms with E-state index < -0.39 is 9.84 Å². The SMILES string of the molecule is COCCCNC1CCCS(=O)(=O)C1. The monoisotopic (exact) mass is 221 g/mol. The van der Waals surface area contributed by atoms with Gasteiger partial charge in [0.1, 0.15) is 0 Å². The summed E-state index contributed by atoms with van der Waals surface area (Å²) >= 11 is 0. The predicted octanol–water partition coefficient (Wildman–Crippen LogP) is 0.190. The van der Waals surface area contributed by atoms with E-state index in [1.54, 1.807) is 7.11 Å². The van der Waals surface area contributed by atoms with Gasteiger partial charge < -0.3 is 10.1 Å². The lowest BCUT2D eigenvalue weighted by Crippen LogP contribution is -2.40. The molecule has 0 spiro atoms. The summed E-state index contributed by atoms with van der Waals surface area (Å²) in [6, 6.07) is 0.158. The van der Waals surface area contributed by atoms with Gasteiger partial charge in [-0.25, -0.2) is 8.42 Å². The minimum Gasteiger partial charge on any atom is -0.385 e. The van der Waals surface area contributed by atoms with E-state index in [4.69, 9.17) is 4.74 Å². The third-order valence-electron chi connectivity index (χ3n) is 2.42. The van der Waals surface area contributed by atoms with Gasteiger partial charge in [0.05, 0.1) is 11.5 Å². The van der Waals surface area contributed by atoms with Gasteiger partial charge in [-0.2, -0.15) is 0 Å². The van der Waals surface area contributed by atoms with Crippen LogP contribution in [0.25, 0.3) is 0 Å². The van der Waals surface area contributed by atoms with Crippen molar-refractivity contribution in [3.63, 3.8) is 0 Å². The molecular weight excluding hydrogens is 202 g/mol. The minimum atomic E-state index is -2.77. The van der Waals surface area contributed by atoms with E-state index in [0.29, 0.717) is 11.5 Å². The smallest absolute Gasteiger partial charge is 0.151 e. The van der Waals surface area contributed by atoms with Gasteiger partial charge in [0, 0.05) is 19.8 Å². The van der Waals surface area contributed by atoms with E-state index >= 15 is 0 Å². The van der Waals surface area contributed by atoms with Crippen LogP contribution < -0.4 is 5.32 Å². The molecule has 1 saturated heterocycles. The fourth-order valence-corrected chi connectivity index (χ4v) is 3.38. The molecule has 0 aromatic heterocycles. The van der Waals surface area contributed by atoms with E-state index in [2.05, 4.69) is 5.32 Å². The van der Waals surface area contributed by atoms with E-state index in [0.717, 1.165) is 32.4 Å². The van der Waals surface area contributed by atoms with Gasteiger partial charge in [0.2, 0.25) is 0 Å². The van der Waals surface area contributed by atoms with Crippen molar-refractivity contribution in [2.45, 2.75) is 25.3 Å². The van der Waals surface area contributed by atoms with Crippen molar-refractivity contribution in [1.82, 2.24) is 5.32 Å². The van der Waals surface area contributed by atoms with Crippen LogP contribution in [0, 0.1) is 0 Å². The van der Waals surface area contributed by atoms with Crippen LogP contribution in [0.4, 0.5) is 0 Å². The van der Waals surface area contributed by atoms with E-state index in [1.165, 1.54) is 0 Å². The first-order chi connectivity index (χ1) is 6.64. The Kier molecular flexibility index (Phi) is 4.84. The first-order valence-corrected chi connectivity index (χ1v) is 6.89. The molecule has 1 atom stereocenters. The first kappa shape index (κ1) is 11.9. The summed E-state index contributed by atoms with van der Waals surface area (Å²) in [5, 5.41) is 3.25. The van der Waals surface area contributed by atoms with Crippen molar-refractivity contribution in [2.24, 2.45) is 0 Å². The maximum absolute atomic E-state index is 11.3. The number of sulfone groups is 1. The van der Waals surface area contributed by atoms with Crippen LogP contribution in [0.3, 0.4) is 0 Å². The lowest BCUT2D eigenvalue weighted by Gasteiger charge is -2.22. The number of rotatable bonds is 5. The molecule has 0 saturated carbocycles. The van der Waals surface area contributed by atoms with Gasteiger partial charge in [0.15, 0.2) is 9.84 Å². The topological polar surface area (TPSA) is 55.4 Å². The normalized spacial score (nSPS) is 26.2. The fourth-order valence-electron chi connectivity index (χ4n) is 1.71. The Labute approximate surface area is 85.9 Å². The molecule has 4 nitrogen and oxygen atoms in total. The Balaban J connectivity index is 2.18. The average molecular weight is 221 g/mol. The predicted molar refractivity (Wildman–Crippen MR) is 56.2 cm³/mol. The van der Waals surface area contributed by atoms with Gasteiger partial charge in [-0.05, 0) is 25.8 Å². The zero-order valence-corrected chi connectivity index (χ0v) is 9.48. The maximum Gasteiger partial charge on any atom is 0.151 e. The molecule has 0 amide bonds. The van der Waals surface area contributed by atoms with Gasteiger partial charge in [-0.1, -0.05) is 0 Å². The number of nitrogens with one attached hydrogen (secondary N) is 1. The highest BCUT2D eigenvalue weighted by molar-refractivity contribution is 7.91. The quantitative estimate of drug-likeness (QED) is 0.673. The number of ether oxygens (including phenoxy) is 1. The summed E-state index contributed by atoms with van der Waals surface area (Å²) in [6.45, 7) is 1.57. The molecule has 1 aliphatic heterocycles. The molecule has 0 bridgehead atoms. The molecule has 1 rings (SSSR count). The molecule has 1 unspecified atom stereocenters. The largest absolute Gasteiger partial charge is 0.385 e. The minimum absolute atomic E-state index is 0.158. The molecule has 0 radical (unpaired) electrons. The van der Waals surface area contributed by atoms with Crippen LogP contribution in [0.2, 0.25) is 0 Å². The van der Waals surface area contributed by atoms with Crippen LogP contribution in [0.15, 0.2) is 0 Å². The second-order valence-corrected chi connectivity index (χ2v) is 5.98. The summed E-state index contributed by atoms with van der Waals surface area (Å²) in [4.78, 5) is 0. The Bertz CT molecular complexity index is 251. The molecule has 1 fully saturated rings. The summed E-state index contributed by atoms with van der Waals surface area (Å²) in [6.07, 6.45) is 2.71. The number of hydrogen-bond acceptors (Lipinski definition) is 4. The van der Waals surface area contributed by atoms with E-state index in [1.807, 2.05) is 0 Å². The standard InChI is InChI=1S/C9H19NO3S/c1-13-6-3-5-10-9-4-2-7-14(11,12)8-9/h9-10H,2-8H2,1H3. The molecule has 0 aromatic rings. The van der Waals surface area contributed by atoms with Crippen LogP contribution in [0.1, 0.15) is 19.3 Å². The van der Waals surface area contributed by atoms with Crippen molar-refractivity contribution >= 4 is 9.84 Å². The van der Waals surface area contributed by atoms with Crippen molar-refractivity contribution in [3.8, 4) is 0 Å². The molecule has 14 heavy (non-hydrogen) atoms. The van der Waals surface area contributed by atoms with Crippen molar-refractivity contribution in [3.05, 3.63) is 0 Å². The zero-order valence-electron chi connectivity index (χ0n) is 8.66. The highest BCUT2D eigenvalue weighted by Crippen LogP contribution is 2.11. The van der Waals surface area contributed by atoms with E-state index in [-0.39, 0.29) is 6.04 Å². The second kappa shape index (κ2) is 5.68. The van der Waals surface area contributed by atoms with Crippen molar-refractivity contribution in [1.29, 1.82) is 0 Å². The van der Waals surface area contributed by atoms with Gasteiger partial charge in [-0.15, -0.1) is 0 Å². The highest BCUT2D eigenvalue weighted by Gasteiger charge is 2.23. The maximum atomic E-state index is 11.3. The highest BCUT2D eigenvalue weighted by atomic mass is 32.2. The molecule has 5 heteroatoms. The van der Waals surface area contributed by atoms with Crippen LogP contribution >= 0.6 is 0 Å². The third kappa shape index (κ3) is 4.39. The molecule has 1 heterocycles. The van der Waals surface area contributed by atoms with Gasteiger partial charge >= 0.3 is 0 Å². The third-order valence-corrected chi connectivity index (χ3v) is 4.24. The second-order valence-electron chi connectivity index (χ2n) is 3.75. The molecule has 84 valence electrons. The van der Waals surface area contributed by atoms with Crippen LogP contribution in [0.5, 0.6) is 0 Å². The van der Waals surface area contributed by atoms with Crippen LogP contribution in [-0.2, 0) is 14.6 Å². The molecular formula is C9H19NO3S. The summed E-state index contributed by atoms with van der Waals surface area (Å²) < 4.78 is 27.5. The molecule has 0 aromatic carbocycles. The molecule has 1 aliphatic rings. The van der Waals surface area contributed by atoms with Gasteiger partial charge in [-0.3, -0.25) is 0 Å². The Morgan fingerprint density at radius 3 is 2.93 bits per heavy atom. The zero-order chi connectivity index (χ0) is 10.4. The van der Waals surface area contributed by atoms with Crippen molar-refractivity contribution in [2.75, 3.05) is 31.8 Å². The average Bonchev–Trinajstić information content (AvgIpc) is 2.11. The molecule has 1 N–H and O–H groups in total. The Hall–Kier alpha value is -0.130. The summed E-state index contributed by atoms with van der Waals surface area (Å²) in [5.41, 5.74) is 0. The summed E-state index contributed by atoms with van der Waals surface area (Å²) in [5.74, 6) is 0.670. The lowest BCUT2D eigenvalue weighted by molar-refractivity contribution is 0.193. The Morgan fingerprint density at radius 1 is 1.50 bits per heavy atom. The fraction of sp³-hybridized carbons (Fsp3) is 1.00. The Morgan fingerprint density at radius 2 is 2.29 bits per heavy atom. The summed E-state index contributed by atoms with van der Waals surface area (Å²) in [7, 11) is -1.10. The van der Waals surface area contributed by atoms with E-state index in [9.17, 15) is 8.42 Å². The first-order valence-electron chi connectivity index (χ1n) is 5.07. The number of methoxy groups -OCH3 is 1. The van der Waals surface area contributed by atoms with Crippen molar-refractivity contribution < 1.29 is 13.2 Å².